The lowest BCUT2D eigenvalue weighted by Gasteiger charge is -2.35. The molecular formula is C21H29NO4S. The Balaban J connectivity index is 2.42. The van der Waals surface area contributed by atoms with Gasteiger partial charge in [0.15, 0.2) is 0 Å². The van der Waals surface area contributed by atoms with Gasteiger partial charge in [-0.3, -0.25) is 4.79 Å². The average molecular weight is 392 g/mol. The fourth-order valence-electron chi connectivity index (χ4n) is 3.40. The minimum absolute atomic E-state index is 0.0915. The van der Waals surface area contributed by atoms with Gasteiger partial charge in [0.2, 0.25) is 5.91 Å². The molecule has 0 radical (unpaired) electrons. The molecule has 1 amide bonds. The first-order chi connectivity index (χ1) is 12.6. The second-order valence-corrected chi connectivity index (χ2v) is 8.98. The number of aliphatic hydroxyl groups is 1. The van der Waals surface area contributed by atoms with Crippen molar-refractivity contribution >= 4 is 28.2 Å². The number of carbonyl (C=O) groups is 2. The Labute approximate surface area is 165 Å². The van der Waals surface area contributed by atoms with Crippen LogP contribution >= 0.6 is 11.3 Å². The summed E-state index contributed by atoms with van der Waals surface area (Å²) in [5, 5.41) is 20.5. The maximum absolute atomic E-state index is 13.3. The largest absolute Gasteiger partial charge is 0.478 e. The van der Waals surface area contributed by atoms with Gasteiger partial charge in [0, 0.05) is 12.0 Å². The number of carboxylic acids is 1. The molecule has 5 nitrogen and oxygen atoms in total. The molecule has 1 saturated carbocycles. The molecule has 6 heteroatoms. The summed E-state index contributed by atoms with van der Waals surface area (Å²) in [7, 11) is 0. The van der Waals surface area contributed by atoms with Crippen molar-refractivity contribution in [2.45, 2.75) is 66.0 Å². The van der Waals surface area contributed by atoms with Gasteiger partial charge >= 0.3 is 5.97 Å². The Hall–Kier alpha value is -1.84. The normalized spacial score (nSPS) is 22.4. The summed E-state index contributed by atoms with van der Waals surface area (Å²) in [6.07, 6.45) is 1.43. The minimum atomic E-state index is -1.07. The lowest BCUT2D eigenvalue weighted by molar-refractivity contribution is -0.128. The van der Waals surface area contributed by atoms with Crippen molar-refractivity contribution < 1.29 is 19.8 Å². The number of rotatable bonds is 4. The molecule has 1 fully saturated rings. The molecule has 1 heterocycles. The summed E-state index contributed by atoms with van der Waals surface area (Å²) in [6, 6.07) is 1.33. The Morgan fingerprint density at radius 1 is 1.26 bits per heavy atom. The second kappa shape index (κ2) is 8.90. The monoisotopic (exact) mass is 391 g/mol. The van der Waals surface area contributed by atoms with E-state index in [4.69, 9.17) is 0 Å². The molecule has 0 aliphatic heterocycles. The third kappa shape index (κ3) is 5.12. The van der Waals surface area contributed by atoms with Gasteiger partial charge in [0.1, 0.15) is 5.00 Å². The van der Waals surface area contributed by atoms with Crippen LogP contribution < -0.4 is 4.90 Å². The van der Waals surface area contributed by atoms with Crippen molar-refractivity contribution in [1.29, 1.82) is 0 Å². The molecule has 1 aliphatic carbocycles. The lowest BCUT2D eigenvalue weighted by Crippen LogP contribution is -2.46. The van der Waals surface area contributed by atoms with Crippen LogP contribution in [0.4, 0.5) is 5.00 Å². The van der Waals surface area contributed by atoms with Gasteiger partial charge in [-0.25, -0.2) is 4.79 Å². The maximum Gasteiger partial charge on any atom is 0.338 e. The first-order valence-corrected chi connectivity index (χ1v) is 10.3. The highest BCUT2D eigenvalue weighted by Crippen LogP contribution is 2.37. The first-order valence-electron chi connectivity index (χ1n) is 9.51. The number of hydrogen-bond acceptors (Lipinski definition) is 4. The molecule has 0 unspecified atom stereocenters. The van der Waals surface area contributed by atoms with Crippen molar-refractivity contribution in [2.75, 3.05) is 4.90 Å². The Morgan fingerprint density at radius 3 is 2.44 bits per heavy atom. The number of thiophene rings is 1. The predicted molar refractivity (Wildman–Crippen MR) is 108 cm³/mol. The second-order valence-electron chi connectivity index (χ2n) is 7.95. The highest BCUT2D eigenvalue weighted by molar-refractivity contribution is 7.17. The third-order valence-electron chi connectivity index (χ3n) is 4.80. The van der Waals surface area contributed by atoms with Crippen LogP contribution in [0.25, 0.3) is 0 Å². The van der Waals surface area contributed by atoms with E-state index in [1.54, 1.807) is 11.0 Å². The van der Waals surface area contributed by atoms with Gasteiger partial charge in [-0.15, -0.1) is 11.3 Å². The molecule has 27 heavy (non-hydrogen) atoms. The maximum atomic E-state index is 13.3. The molecule has 3 atom stereocenters. The van der Waals surface area contributed by atoms with Gasteiger partial charge in [-0.2, -0.15) is 0 Å². The zero-order valence-corrected chi connectivity index (χ0v) is 17.5. The highest BCUT2D eigenvalue weighted by atomic mass is 32.1. The zero-order chi connectivity index (χ0) is 20.3. The quantitative estimate of drug-likeness (QED) is 0.761. The van der Waals surface area contributed by atoms with Crippen molar-refractivity contribution in [3.05, 3.63) is 16.5 Å². The standard InChI is InChI=1S/C21H29NO4S/c1-12(2)6-8-15-11-17(21(25)26)20(27-15)22(13(3)4)19(24)16-9-7-14(5)10-18(16)23/h11-14,16,18,23H,7,9-10H2,1-5H3,(H,25,26)/t14-,16-,18+/m0/s1. The number of amides is 1. The molecule has 0 saturated heterocycles. The Bertz CT molecular complexity index is 756. The summed E-state index contributed by atoms with van der Waals surface area (Å²) < 4.78 is 0. The topological polar surface area (TPSA) is 77.8 Å². The van der Waals surface area contributed by atoms with E-state index in [0.717, 1.165) is 6.42 Å². The Morgan fingerprint density at radius 2 is 1.93 bits per heavy atom. The summed E-state index contributed by atoms with van der Waals surface area (Å²) in [5.41, 5.74) is 0.0915. The molecule has 0 spiro atoms. The van der Waals surface area contributed by atoms with Crippen molar-refractivity contribution in [3.8, 4) is 11.8 Å². The number of aliphatic hydroxyl groups excluding tert-OH is 1. The number of anilines is 1. The van der Waals surface area contributed by atoms with E-state index in [1.165, 1.54) is 11.3 Å². The van der Waals surface area contributed by atoms with Crippen LogP contribution in [0.2, 0.25) is 0 Å². The Kier molecular flexibility index (Phi) is 7.07. The molecule has 2 N–H and O–H groups in total. The van der Waals surface area contributed by atoms with E-state index in [9.17, 15) is 19.8 Å². The van der Waals surface area contributed by atoms with E-state index in [0.29, 0.717) is 28.6 Å². The van der Waals surface area contributed by atoms with Crippen LogP contribution in [-0.2, 0) is 4.79 Å². The molecule has 2 rings (SSSR count). The third-order valence-corrected chi connectivity index (χ3v) is 5.85. The molecule has 0 aromatic carbocycles. The van der Waals surface area contributed by atoms with Gasteiger partial charge in [-0.05, 0) is 45.1 Å². The van der Waals surface area contributed by atoms with E-state index < -0.39 is 18.0 Å². The highest BCUT2D eigenvalue weighted by Gasteiger charge is 2.38. The molecule has 1 aromatic heterocycles. The summed E-state index contributed by atoms with van der Waals surface area (Å²) in [6.45, 7) is 9.73. The predicted octanol–water partition coefficient (Wildman–Crippen LogP) is 3.99. The SMILES string of the molecule is CC(C)C#Cc1cc(C(=O)O)c(N(C(=O)[C@H]2CC[C@H](C)C[C@H]2O)C(C)C)s1. The molecular weight excluding hydrogens is 362 g/mol. The van der Waals surface area contributed by atoms with Crippen LogP contribution in [0.1, 0.15) is 69.1 Å². The number of carbonyl (C=O) groups excluding carboxylic acids is 1. The van der Waals surface area contributed by atoms with Crippen LogP contribution in [0.5, 0.6) is 0 Å². The van der Waals surface area contributed by atoms with Gasteiger partial charge < -0.3 is 15.1 Å². The summed E-state index contributed by atoms with van der Waals surface area (Å²) >= 11 is 1.23. The van der Waals surface area contributed by atoms with Gasteiger partial charge in [-0.1, -0.05) is 32.6 Å². The summed E-state index contributed by atoms with van der Waals surface area (Å²) in [5.74, 6) is 4.85. The van der Waals surface area contributed by atoms with Crippen LogP contribution in [0, 0.1) is 29.6 Å². The van der Waals surface area contributed by atoms with E-state index in [-0.39, 0.29) is 23.4 Å². The number of nitrogens with zero attached hydrogens (tertiary/aromatic N) is 1. The van der Waals surface area contributed by atoms with E-state index >= 15 is 0 Å². The number of aromatic carboxylic acids is 1. The van der Waals surface area contributed by atoms with Crippen molar-refractivity contribution in [3.63, 3.8) is 0 Å². The van der Waals surface area contributed by atoms with Crippen LogP contribution in [0.3, 0.4) is 0 Å². The summed E-state index contributed by atoms with van der Waals surface area (Å²) in [4.78, 5) is 27.2. The molecule has 1 aliphatic rings. The fourth-order valence-corrected chi connectivity index (χ4v) is 4.55. The first kappa shape index (κ1) is 21.5. The van der Waals surface area contributed by atoms with Crippen LogP contribution in [-0.4, -0.2) is 34.2 Å². The average Bonchev–Trinajstić information content (AvgIpc) is 2.96. The lowest BCUT2D eigenvalue weighted by atomic mass is 9.80. The number of carboxylic acid groups (broad SMARTS) is 1. The molecule has 148 valence electrons. The zero-order valence-electron chi connectivity index (χ0n) is 16.7. The molecule has 0 bridgehead atoms. The molecule has 1 aromatic rings. The smallest absolute Gasteiger partial charge is 0.338 e. The minimum Gasteiger partial charge on any atom is -0.478 e. The van der Waals surface area contributed by atoms with Crippen LogP contribution in [0.15, 0.2) is 6.07 Å². The van der Waals surface area contributed by atoms with E-state index in [1.807, 2.05) is 27.7 Å². The van der Waals surface area contributed by atoms with Crippen molar-refractivity contribution in [1.82, 2.24) is 0 Å². The number of hydrogen-bond donors (Lipinski definition) is 2. The van der Waals surface area contributed by atoms with Crippen molar-refractivity contribution in [2.24, 2.45) is 17.8 Å². The fraction of sp³-hybridized carbons (Fsp3) is 0.619. The van der Waals surface area contributed by atoms with Gasteiger partial charge in [0.05, 0.1) is 22.5 Å². The van der Waals surface area contributed by atoms with Gasteiger partial charge in [0.25, 0.3) is 0 Å². The van der Waals surface area contributed by atoms with E-state index in [2.05, 4.69) is 18.8 Å².